The van der Waals surface area contributed by atoms with Crippen LogP contribution in [0.1, 0.15) is 46.1 Å². The second kappa shape index (κ2) is 5.27. The van der Waals surface area contributed by atoms with Crippen LogP contribution in [-0.4, -0.2) is 9.75 Å². The van der Waals surface area contributed by atoms with E-state index in [9.17, 15) is 8.60 Å². The summed E-state index contributed by atoms with van der Waals surface area (Å²) < 4.78 is 28.4. The molecule has 0 aromatic heterocycles. The van der Waals surface area contributed by atoms with Crippen molar-refractivity contribution in [1.29, 1.82) is 0 Å². The van der Waals surface area contributed by atoms with Gasteiger partial charge in [-0.3, -0.25) is 0 Å². The van der Waals surface area contributed by atoms with Gasteiger partial charge in [0.05, 0.1) is 4.90 Å². The molecule has 0 aliphatic heterocycles. The Hall–Kier alpha value is -0.740. The van der Waals surface area contributed by atoms with Gasteiger partial charge >= 0.3 is 0 Å². The second-order valence-electron chi connectivity index (χ2n) is 5.50. The van der Waals surface area contributed by atoms with Crippen LogP contribution in [0.4, 0.5) is 4.39 Å². The number of hydrogen-bond donors (Lipinski definition) is 1. The SMILES string of the molecule is CC(C)c1cc(F)cc(S(=O)NC(C)(C)C)c1. The molecular formula is C13H20FNOS. The molecule has 0 fully saturated rings. The van der Waals surface area contributed by atoms with Gasteiger partial charge in [0.2, 0.25) is 0 Å². The van der Waals surface area contributed by atoms with Crippen molar-refractivity contribution >= 4 is 11.0 Å². The minimum absolute atomic E-state index is 0.219. The summed E-state index contributed by atoms with van der Waals surface area (Å²) in [4.78, 5) is 0.489. The lowest BCUT2D eigenvalue weighted by Gasteiger charge is -2.20. The van der Waals surface area contributed by atoms with Gasteiger partial charge < -0.3 is 0 Å². The predicted molar refractivity (Wildman–Crippen MR) is 69.8 cm³/mol. The van der Waals surface area contributed by atoms with Crippen molar-refractivity contribution in [3.8, 4) is 0 Å². The summed E-state index contributed by atoms with van der Waals surface area (Å²) in [6.45, 7) is 9.74. The Morgan fingerprint density at radius 2 is 1.82 bits per heavy atom. The number of nitrogens with one attached hydrogen (secondary N) is 1. The Bertz CT molecular complexity index is 424. The fraction of sp³-hybridized carbons (Fsp3) is 0.538. The molecular weight excluding hydrogens is 237 g/mol. The average molecular weight is 257 g/mol. The van der Waals surface area contributed by atoms with Crippen LogP contribution < -0.4 is 4.72 Å². The highest BCUT2D eigenvalue weighted by molar-refractivity contribution is 7.83. The Morgan fingerprint density at radius 3 is 2.29 bits per heavy atom. The van der Waals surface area contributed by atoms with Gasteiger partial charge in [-0.25, -0.2) is 13.3 Å². The van der Waals surface area contributed by atoms with Crippen molar-refractivity contribution in [2.45, 2.75) is 51.0 Å². The molecule has 0 heterocycles. The lowest BCUT2D eigenvalue weighted by atomic mass is 10.0. The summed E-state index contributed by atoms with van der Waals surface area (Å²) in [6.07, 6.45) is 0. The molecule has 0 spiro atoms. The third-order valence-corrected chi connectivity index (χ3v) is 3.63. The van der Waals surface area contributed by atoms with Crippen LogP contribution >= 0.6 is 0 Å². The number of benzene rings is 1. The topological polar surface area (TPSA) is 29.1 Å². The van der Waals surface area contributed by atoms with Crippen LogP contribution in [0.2, 0.25) is 0 Å². The van der Waals surface area contributed by atoms with Gasteiger partial charge in [-0.2, -0.15) is 0 Å². The molecule has 17 heavy (non-hydrogen) atoms. The molecule has 1 unspecified atom stereocenters. The molecule has 0 saturated heterocycles. The summed E-state index contributed by atoms with van der Waals surface area (Å²) in [7, 11) is -1.38. The summed E-state index contributed by atoms with van der Waals surface area (Å²) in [5, 5.41) is 0. The predicted octanol–water partition coefficient (Wildman–Crippen LogP) is 3.36. The highest BCUT2D eigenvalue weighted by atomic mass is 32.2. The highest BCUT2D eigenvalue weighted by Crippen LogP contribution is 2.20. The third kappa shape index (κ3) is 4.56. The van der Waals surface area contributed by atoms with Crippen LogP contribution in [0.5, 0.6) is 0 Å². The normalized spacial score (nSPS) is 14.1. The molecule has 0 amide bonds. The molecule has 0 radical (unpaired) electrons. The van der Waals surface area contributed by atoms with Crippen molar-refractivity contribution in [3.63, 3.8) is 0 Å². The maximum atomic E-state index is 13.4. The van der Waals surface area contributed by atoms with Crippen LogP contribution in [0.25, 0.3) is 0 Å². The Labute approximate surface area is 105 Å². The van der Waals surface area contributed by atoms with E-state index in [-0.39, 0.29) is 17.3 Å². The van der Waals surface area contributed by atoms with E-state index in [0.717, 1.165) is 5.56 Å². The van der Waals surface area contributed by atoms with Gasteiger partial charge in [-0.15, -0.1) is 0 Å². The zero-order chi connectivity index (χ0) is 13.2. The average Bonchev–Trinajstić information content (AvgIpc) is 2.13. The Morgan fingerprint density at radius 1 is 1.24 bits per heavy atom. The van der Waals surface area contributed by atoms with Gasteiger partial charge in [0.15, 0.2) is 0 Å². The first kappa shape index (κ1) is 14.3. The van der Waals surface area contributed by atoms with Crippen molar-refractivity contribution in [3.05, 3.63) is 29.6 Å². The largest absolute Gasteiger partial charge is 0.237 e. The fourth-order valence-corrected chi connectivity index (χ4v) is 2.50. The maximum Gasteiger partial charge on any atom is 0.125 e. The van der Waals surface area contributed by atoms with Crippen molar-refractivity contribution in [1.82, 2.24) is 4.72 Å². The molecule has 1 rings (SSSR count). The molecule has 1 aromatic carbocycles. The summed E-state index contributed by atoms with van der Waals surface area (Å²) in [6, 6.07) is 4.60. The van der Waals surface area contributed by atoms with E-state index in [1.165, 1.54) is 12.1 Å². The number of rotatable bonds is 3. The smallest absolute Gasteiger partial charge is 0.125 e. The van der Waals surface area contributed by atoms with E-state index in [4.69, 9.17) is 0 Å². The van der Waals surface area contributed by atoms with Gasteiger partial charge in [0.25, 0.3) is 0 Å². The molecule has 1 N–H and O–H groups in total. The van der Waals surface area contributed by atoms with E-state index in [1.807, 2.05) is 34.6 Å². The summed E-state index contributed by atoms with van der Waals surface area (Å²) in [5.41, 5.74) is 0.596. The first-order valence-corrected chi connectivity index (χ1v) is 6.84. The number of halogens is 1. The zero-order valence-corrected chi connectivity index (χ0v) is 11.8. The zero-order valence-electron chi connectivity index (χ0n) is 11.0. The van der Waals surface area contributed by atoms with E-state index in [2.05, 4.69) is 4.72 Å². The molecule has 0 saturated carbocycles. The maximum absolute atomic E-state index is 13.4. The van der Waals surface area contributed by atoms with Crippen molar-refractivity contribution < 1.29 is 8.60 Å². The van der Waals surface area contributed by atoms with E-state index in [0.29, 0.717) is 4.90 Å². The van der Waals surface area contributed by atoms with Gasteiger partial charge in [-0.05, 0) is 50.5 Å². The van der Waals surface area contributed by atoms with Crippen molar-refractivity contribution in [2.24, 2.45) is 0 Å². The van der Waals surface area contributed by atoms with Gasteiger partial charge in [-0.1, -0.05) is 13.8 Å². The van der Waals surface area contributed by atoms with E-state index < -0.39 is 11.0 Å². The van der Waals surface area contributed by atoms with Crippen molar-refractivity contribution in [2.75, 3.05) is 0 Å². The fourth-order valence-electron chi connectivity index (χ4n) is 1.36. The molecule has 2 nitrogen and oxygen atoms in total. The number of hydrogen-bond acceptors (Lipinski definition) is 1. The second-order valence-corrected chi connectivity index (χ2v) is 6.71. The molecule has 0 aliphatic rings. The third-order valence-electron chi connectivity index (χ3n) is 2.17. The molecule has 0 aliphatic carbocycles. The quantitative estimate of drug-likeness (QED) is 0.884. The summed E-state index contributed by atoms with van der Waals surface area (Å²) in [5.74, 6) is -0.119. The standard InChI is InChI=1S/C13H20FNOS/c1-9(2)10-6-11(14)8-12(7-10)17(16)15-13(3,4)5/h6-9,15H,1-5H3. The lowest BCUT2D eigenvalue weighted by molar-refractivity contribution is 0.519. The lowest BCUT2D eigenvalue weighted by Crippen LogP contribution is -2.37. The Kier molecular flexibility index (Phi) is 4.44. The van der Waals surface area contributed by atoms with Crippen LogP contribution in [0.15, 0.2) is 23.1 Å². The first-order valence-electron chi connectivity index (χ1n) is 5.69. The van der Waals surface area contributed by atoms with Crippen LogP contribution in [0, 0.1) is 5.82 Å². The van der Waals surface area contributed by atoms with Crippen LogP contribution in [0.3, 0.4) is 0 Å². The first-order chi connectivity index (χ1) is 7.69. The minimum atomic E-state index is -1.38. The highest BCUT2D eigenvalue weighted by Gasteiger charge is 2.16. The van der Waals surface area contributed by atoms with Gasteiger partial charge in [0, 0.05) is 5.54 Å². The monoisotopic (exact) mass is 257 g/mol. The van der Waals surface area contributed by atoms with Crippen LogP contribution in [-0.2, 0) is 11.0 Å². The van der Waals surface area contributed by atoms with E-state index in [1.54, 1.807) is 6.07 Å². The molecule has 0 bridgehead atoms. The molecule has 1 atom stereocenters. The van der Waals surface area contributed by atoms with E-state index >= 15 is 0 Å². The summed E-state index contributed by atoms with van der Waals surface area (Å²) >= 11 is 0. The van der Waals surface area contributed by atoms with Gasteiger partial charge in [0.1, 0.15) is 16.8 Å². The molecule has 4 heteroatoms. The molecule has 96 valence electrons. The Balaban J connectivity index is 3.02. The minimum Gasteiger partial charge on any atom is -0.237 e. The molecule has 1 aromatic rings.